The van der Waals surface area contributed by atoms with Crippen LogP contribution in [-0.2, 0) is 19.6 Å². The normalized spacial score (nSPS) is 11.8. The van der Waals surface area contributed by atoms with E-state index in [1.807, 2.05) is 5.32 Å². The lowest BCUT2D eigenvalue weighted by Gasteiger charge is -2.13. The molecule has 0 aliphatic carbocycles. The second-order valence-corrected chi connectivity index (χ2v) is 7.29. The van der Waals surface area contributed by atoms with Crippen molar-refractivity contribution in [1.82, 2.24) is 10.6 Å². The Morgan fingerprint density at radius 3 is 2.14 bits per heavy atom. The van der Waals surface area contributed by atoms with Crippen molar-refractivity contribution in [3.63, 3.8) is 0 Å². The molecule has 2 aromatic rings. The van der Waals surface area contributed by atoms with Crippen molar-refractivity contribution >= 4 is 33.6 Å². The summed E-state index contributed by atoms with van der Waals surface area (Å²) in [4.78, 5) is 34.9. The van der Waals surface area contributed by atoms with Crippen LogP contribution in [0.3, 0.4) is 0 Å². The van der Waals surface area contributed by atoms with E-state index >= 15 is 0 Å². The van der Waals surface area contributed by atoms with Gasteiger partial charge >= 0.3 is 12.0 Å². The summed E-state index contributed by atoms with van der Waals surface area (Å²) in [6.07, 6.45) is -1.21. The third-order valence-electron chi connectivity index (χ3n) is 3.54. The van der Waals surface area contributed by atoms with Gasteiger partial charge in [-0.05, 0) is 43.3 Å². The number of rotatable bonds is 6. The standard InChI is InChI=1S/C18H19N3O6S/c1-12(16(22)20-18(24)19-2)27-17(23)13-8-10-15(11-9-13)28(25,26)21-14-6-4-3-5-7-14/h3-12,21H,1-2H3,(H2,19,20,22,24)/t12-/m0/s1. The van der Waals surface area contributed by atoms with Gasteiger partial charge in [0.05, 0.1) is 10.5 Å². The number of ether oxygens (including phenoxy) is 1. The molecule has 10 heteroatoms. The van der Waals surface area contributed by atoms with Crippen LogP contribution in [0.25, 0.3) is 0 Å². The zero-order valence-corrected chi connectivity index (χ0v) is 15.9. The Bertz CT molecular complexity index is 959. The molecule has 9 nitrogen and oxygen atoms in total. The first-order chi connectivity index (χ1) is 13.2. The number of anilines is 1. The average Bonchev–Trinajstić information content (AvgIpc) is 2.68. The Morgan fingerprint density at radius 2 is 1.57 bits per heavy atom. The second-order valence-electron chi connectivity index (χ2n) is 5.61. The summed E-state index contributed by atoms with van der Waals surface area (Å²) in [5.74, 6) is -1.63. The molecule has 2 aromatic carbocycles. The zero-order chi connectivity index (χ0) is 20.7. The summed E-state index contributed by atoms with van der Waals surface area (Å²) in [5, 5.41) is 4.18. The molecule has 28 heavy (non-hydrogen) atoms. The third kappa shape index (κ3) is 5.55. The predicted molar refractivity (Wildman–Crippen MR) is 101 cm³/mol. The molecule has 0 fully saturated rings. The molecule has 0 saturated heterocycles. The molecule has 0 aliphatic rings. The number of para-hydroxylation sites is 1. The number of hydrogen-bond donors (Lipinski definition) is 3. The van der Waals surface area contributed by atoms with Gasteiger partial charge in [-0.2, -0.15) is 0 Å². The summed E-state index contributed by atoms with van der Waals surface area (Å²) >= 11 is 0. The van der Waals surface area contributed by atoms with E-state index in [4.69, 9.17) is 4.74 Å². The number of imide groups is 1. The van der Waals surface area contributed by atoms with Crippen molar-refractivity contribution < 1.29 is 27.5 Å². The molecule has 2 rings (SSSR count). The van der Waals surface area contributed by atoms with E-state index in [9.17, 15) is 22.8 Å². The van der Waals surface area contributed by atoms with Crippen molar-refractivity contribution in [1.29, 1.82) is 0 Å². The molecule has 0 spiro atoms. The highest BCUT2D eigenvalue weighted by Gasteiger charge is 2.21. The van der Waals surface area contributed by atoms with E-state index in [1.54, 1.807) is 30.3 Å². The minimum absolute atomic E-state index is 0.0432. The van der Waals surface area contributed by atoms with Crippen molar-refractivity contribution in [2.45, 2.75) is 17.9 Å². The fraction of sp³-hybridized carbons (Fsp3) is 0.167. The molecular formula is C18H19N3O6S. The Hall–Kier alpha value is -3.40. The van der Waals surface area contributed by atoms with Gasteiger partial charge in [0, 0.05) is 12.7 Å². The minimum Gasteiger partial charge on any atom is -0.449 e. The lowest BCUT2D eigenvalue weighted by atomic mass is 10.2. The van der Waals surface area contributed by atoms with Crippen LogP contribution in [0.1, 0.15) is 17.3 Å². The van der Waals surface area contributed by atoms with Gasteiger partial charge in [0.2, 0.25) is 0 Å². The lowest BCUT2D eigenvalue weighted by molar-refractivity contribution is -0.127. The lowest BCUT2D eigenvalue weighted by Crippen LogP contribution is -2.43. The van der Waals surface area contributed by atoms with Crippen molar-refractivity contribution in [2.75, 3.05) is 11.8 Å². The van der Waals surface area contributed by atoms with Crippen LogP contribution < -0.4 is 15.4 Å². The number of carbonyl (C=O) groups excluding carboxylic acids is 3. The van der Waals surface area contributed by atoms with Crippen LogP contribution in [0.15, 0.2) is 59.5 Å². The van der Waals surface area contributed by atoms with E-state index in [-0.39, 0.29) is 10.5 Å². The molecule has 148 valence electrons. The quantitative estimate of drug-likeness (QED) is 0.624. The molecule has 3 N–H and O–H groups in total. The van der Waals surface area contributed by atoms with Gasteiger partial charge < -0.3 is 10.1 Å². The van der Waals surface area contributed by atoms with Crippen molar-refractivity contribution in [3.05, 3.63) is 60.2 Å². The molecular weight excluding hydrogens is 386 g/mol. The molecule has 0 aliphatic heterocycles. The van der Waals surface area contributed by atoms with Crippen LogP contribution >= 0.6 is 0 Å². The summed E-state index contributed by atoms with van der Waals surface area (Å²) in [6.45, 7) is 1.30. The van der Waals surface area contributed by atoms with Gasteiger partial charge in [-0.1, -0.05) is 18.2 Å². The highest BCUT2D eigenvalue weighted by atomic mass is 32.2. The summed E-state index contributed by atoms with van der Waals surface area (Å²) in [5.41, 5.74) is 0.459. The minimum atomic E-state index is -3.82. The fourth-order valence-corrected chi connectivity index (χ4v) is 3.11. The molecule has 0 unspecified atom stereocenters. The number of carbonyl (C=O) groups is 3. The fourth-order valence-electron chi connectivity index (χ4n) is 2.05. The molecule has 0 radical (unpaired) electrons. The van der Waals surface area contributed by atoms with E-state index < -0.39 is 34.0 Å². The number of urea groups is 1. The van der Waals surface area contributed by atoms with E-state index in [0.717, 1.165) is 0 Å². The van der Waals surface area contributed by atoms with Crippen LogP contribution in [0, 0.1) is 0 Å². The monoisotopic (exact) mass is 405 g/mol. The number of hydrogen-bond acceptors (Lipinski definition) is 6. The Kier molecular flexibility index (Phi) is 6.72. The van der Waals surface area contributed by atoms with Gasteiger partial charge in [0.15, 0.2) is 6.10 Å². The molecule has 0 aromatic heterocycles. The average molecular weight is 405 g/mol. The van der Waals surface area contributed by atoms with Crippen LogP contribution in [-0.4, -0.2) is 39.5 Å². The Balaban J connectivity index is 2.04. The zero-order valence-electron chi connectivity index (χ0n) is 15.1. The van der Waals surface area contributed by atoms with Crippen LogP contribution in [0.4, 0.5) is 10.5 Å². The maximum atomic E-state index is 12.4. The molecule has 0 bridgehead atoms. The van der Waals surface area contributed by atoms with E-state index in [1.165, 1.54) is 38.2 Å². The number of esters is 1. The van der Waals surface area contributed by atoms with Gasteiger partial charge in [0.1, 0.15) is 0 Å². The Labute approximate surface area is 162 Å². The van der Waals surface area contributed by atoms with Gasteiger partial charge in [-0.15, -0.1) is 0 Å². The first kappa shape index (κ1) is 20.9. The first-order valence-electron chi connectivity index (χ1n) is 8.14. The summed E-state index contributed by atoms with van der Waals surface area (Å²) in [7, 11) is -2.48. The molecule has 0 saturated carbocycles. The summed E-state index contributed by atoms with van der Waals surface area (Å²) < 4.78 is 32.1. The van der Waals surface area contributed by atoms with Crippen LogP contribution in [0.5, 0.6) is 0 Å². The Morgan fingerprint density at radius 1 is 0.964 bits per heavy atom. The maximum absolute atomic E-state index is 12.4. The highest BCUT2D eigenvalue weighted by Crippen LogP contribution is 2.17. The van der Waals surface area contributed by atoms with Gasteiger partial charge in [0.25, 0.3) is 15.9 Å². The van der Waals surface area contributed by atoms with Crippen molar-refractivity contribution in [2.24, 2.45) is 0 Å². The highest BCUT2D eigenvalue weighted by molar-refractivity contribution is 7.92. The largest absolute Gasteiger partial charge is 0.449 e. The second kappa shape index (κ2) is 9.00. The molecule has 1 atom stereocenters. The van der Waals surface area contributed by atoms with Crippen LogP contribution in [0.2, 0.25) is 0 Å². The maximum Gasteiger partial charge on any atom is 0.338 e. The van der Waals surface area contributed by atoms with Gasteiger partial charge in [-0.3, -0.25) is 14.8 Å². The third-order valence-corrected chi connectivity index (χ3v) is 4.94. The van der Waals surface area contributed by atoms with E-state index in [2.05, 4.69) is 10.0 Å². The number of sulfonamides is 1. The van der Waals surface area contributed by atoms with Crippen molar-refractivity contribution in [3.8, 4) is 0 Å². The smallest absolute Gasteiger partial charge is 0.338 e. The molecule has 3 amide bonds. The number of amides is 3. The number of nitrogens with one attached hydrogen (secondary N) is 3. The SMILES string of the molecule is CNC(=O)NC(=O)[C@H](C)OC(=O)c1ccc(S(=O)(=O)Nc2ccccc2)cc1. The topological polar surface area (TPSA) is 131 Å². The first-order valence-corrected chi connectivity index (χ1v) is 9.63. The summed E-state index contributed by atoms with van der Waals surface area (Å²) in [6, 6.07) is 12.7. The molecule has 0 heterocycles. The van der Waals surface area contributed by atoms with E-state index in [0.29, 0.717) is 5.69 Å². The number of benzene rings is 2. The predicted octanol–water partition coefficient (Wildman–Crippen LogP) is 1.49. The van der Waals surface area contributed by atoms with Gasteiger partial charge in [-0.25, -0.2) is 18.0 Å².